The molecule has 20 heavy (non-hydrogen) atoms. The molecule has 4 heteroatoms. The van der Waals surface area contributed by atoms with E-state index in [4.69, 9.17) is 11.6 Å². The Kier molecular flexibility index (Phi) is 5.44. The Balaban J connectivity index is 1.79. The van der Waals surface area contributed by atoms with Crippen LogP contribution in [0.5, 0.6) is 0 Å². The average Bonchev–Trinajstić information content (AvgIpc) is 2.38. The van der Waals surface area contributed by atoms with Gasteiger partial charge < -0.3 is 10.2 Å². The molecule has 2 unspecified atom stereocenters. The minimum atomic E-state index is 0.0523. The van der Waals surface area contributed by atoms with E-state index in [1.54, 1.807) is 11.0 Å². The van der Waals surface area contributed by atoms with Crippen LogP contribution in [0.1, 0.15) is 26.7 Å². The number of anilines is 1. The molecular formula is C16H24ClN2O+. The molecule has 2 atom stereocenters. The molecule has 0 bridgehead atoms. The lowest BCUT2D eigenvalue weighted by Crippen LogP contribution is -3.14. The number of benzene rings is 1. The van der Waals surface area contributed by atoms with Crippen LogP contribution < -0.4 is 10.2 Å². The van der Waals surface area contributed by atoms with Crippen molar-refractivity contribution in [3.8, 4) is 0 Å². The van der Waals surface area contributed by atoms with E-state index in [0.717, 1.165) is 18.4 Å². The maximum absolute atomic E-state index is 12.0. The largest absolute Gasteiger partial charge is 0.334 e. The van der Waals surface area contributed by atoms with E-state index in [9.17, 15) is 4.79 Å². The molecule has 110 valence electrons. The molecule has 1 amide bonds. The third-order valence-corrected chi connectivity index (χ3v) is 4.26. The third-order valence-electron chi connectivity index (χ3n) is 3.93. The molecule has 0 spiro atoms. The maximum Gasteiger partial charge on any atom is 0.230 e. The highest BCUT2D eigenvalue weighted by atomic mass is 35.5. The van der Waals surface area contributed by atoms with E-state index in [2.05, 4.69) is 19.2 Å². The number of hydrogen-bond acceptors (Lipinski definition) is 1. The number of quaternary nitrogens is 1. The molecule has 1 aromatic rings. The van der Waals surface area contributed by atoms with Gasteiger partial charge in [-0.1, -0.05) is 37.6 Å². The van der Waals surface area contributed by atoms with Crippen molar-refractivity contribution in [3.63, 3.8) is 0 Å². The highest BCUT2D eigenvalue weighted by Gasteiger charge is 2.25. The number of piperidine rings is 1. The minimum Gasteiger partial charge on any atom is -0.334 e. The zero-order valence-electron chi connectivity index (χ0n) is 12.3. The van der Waals surface area contributed by atoms with E-state index in [1.165, 1.54) is 19.5 Å². The van der Waals surface area contributed by atoms with Crippen LogP contribution in [-0.4, -0.2) is 25.5 Å². The summed E-state index contributed by atoms with van der Waals surface area (Å²) in [6.07, 6.45) is 1.87. The summed E-state index contributed by atoms with van der Waals surface area (Å²) in [6.45, 7) is 7.89. The van der Waals surface area contributed by atoms with Gasteiger partial charge in [-0.25, -0.2) is 0 Å². The van der Waals surface area contributed by atoms with Gasteiger partial charge in [0.1, 0.15) is 0 Å². The number of carbonyl (C=O) groups is 1. The predicted molar refractivity (Wildman–Crippen MR) is 83.2 cm³/mol. The Bertz CT molecular complexity index is 454. The van der Waals surface area contributed by atoms with Gasteiger partial charge >= 0.3 is 0 Å². The van der Waals surface area contributed by atoms with Gasteiger partial charge in [0, 0.05) is 11.8 Å². The van der Waals surface area contributed by atoms with Crippen molar-refractivity contribution in [1.29, 1.82) is 0 Å². The van der Waals surface area contributed by atoms with Gasteiger partial charge in [0.25, 0.3) is 0 Å². The zero-order chi connectivity index (χ0) is 14.5. The molecule has 0 aromatic heterocycles. The normalized spacial score (nSPS) is 26.2. The van der Waals surface area contributed by atoms with E-state index >= 15 is 0 Å². The molecule has 0 aliphatic carbocycles. The summed E-state index contributed by atoms with van der Waals surface area (Å²) >= 11 is 6.04. The van der Waals surface area contributed by atoms with Crippen molar-refractivity contribution in [2.75, 3.05) is 25.0 Å². The number of likely N-dealkylation sites (tertiary alicyclic amines) is 1. The standard InChI is InChI=1S/C16H23ClN2O/c1-12-9-13(2)11-19(10-12)8-7-16(20)18-15-6-4-3-5-14(15)17/h3-6,12-13H,7-11H2,1-2H3,(H,18,20)/p+1. The highest BCUT2D eigenvalue weighted by molar-refractivity contribution is 6.33. The second kappa shape index (κ2) is 7.09. The number of para-hydroxylation sites is 1. The Labute approximate surface area is 126 Å². The Morgan fingerprint density at radius 2 is 1.95 bits per heavy atom. The van der Waals surface area contributed by atoms with Crippen molar-refractivity contribution in [3.05, 3.63) is 29.3 Å². The SMILES string of the molecule is CC1CC(C)C[NH+](CCC(=O)Nc2ccccc2Cl)C1. The molecule has 2 N–H and O–H groups in total. The van der Waals surface area contributed by atoms with Crippen LogP contribution in [0.2, 0.25) is 5.02 Å². The van der Waals surface area contributed by atoms with Gasteiger partial charge in [-0.2, -0.15) is 0 Å². The highest BCUT2D eigenvalue weighted by Crippen LogP contribution is 2.20. The number of hydrogen-bond donors (Lipinski definition) is 2. The Morgan fingerprint density at radius 1 is 1.30 bits per heavy atom. The first-order valence-corrected chi connectivity index (χ1v) is 7.80. The summed E-state index contributed by atoms with van der Waals surface area (Å²) < 4.78 is 0. The molecular weight excluding hydrogens is 272 g/mol. The lowest BCUT2D eigenvalue weighted by Gasteiger charge is -2.31. The van der Waals surface area contributed by atoms with Crippen LogP contribution >= 0.6 is 11.6 Å². The van der Waals surface area contributed by atoms with Gasteiger partial charge in [-0.15, -0.1) is 0 Å². The van der Waals surface area contributed by atoms with Gasteiger partial charge in [0.15, 0.2) is 0 Å². The van der Waals surface area contributed by atoms with Crippen LogP contribution in [0, 0.1) is 11.8 Å². The van der Waals surface area contributed by atoms with Crippen LogP contribution in [0.25, 0.3) is 0 Å². The molecule has 1 saturated heterocycles. The minimum absolute atomic E-state index is 0.0523. The fourth-order valence-electron chi connectivity index (χ4n) is 3.19. The van der Waals surface area contributed by atoms with Crippen molar-refractivity contribution in [2.45, 2.75) is 26.7 Å². The van der Waals surface area contributed by atoms with Crippen LogP contribution in [0.15, 0.2) is 24.3 Å². The second-order valence-corrected chi connectivity index (χ2v) is 6.54. The molecule has 1 aliphatic heterocycles. The summed E-state index contributed by atoms with van der Waals surface area (Å²) in [5.74, 6) is 1.58. The number of halogens is 1. The Hall–Kier alpha value is -1.06. The van der Waals surface area contributed by atoms with Crippen LogP contribution in [0.3, 0.4) is 0 Å². The van der Waals surface area contributed by atoms with E-state index < -0.39 is 0 Å². The van der Waals surface area contributed by atoms with Crippen molar-refractivity contribution >= 4 is 23.2 Å². The van der Waals surface area contributed by atoms with Crippen LogP contribution in [-0.2, 0) is 4.79 Å². The quantitative estimate of drug-likeness (QED) is 0.877. The first-order valence-electron chi connectivity index (χ1n) is 7.42. The summed E-state index contributed by atoms with van der Waals surface area (Å²) in [7, 11) is 0. The number of amides is 1. The number of nitrogens with one attached hydrogen (secondary N) is 2. The third kappa shape index (κ3) is 4.50. The monoisotopic (exact) mass is 295 g/mol. The molecule has 0 radical (unpaired) electrons. The first-order chi connectivity index (χ1) is 9.54. The number of carbonyl (C=O) groups excluding carboxylic acids is 1. The summed E-state index contributed by atoms with van der Waals surface area (Å²) in [5.41, 5.74) is 0.703. The number of rotatable bonds is 4. The molecule has 1 aromatic carbocycles. The Morgan fingerprint density at radius 3 is 2.60 bits per heavy atom. The van der Waals surface area contributed by atoms with Gasteiger partial charge in [-0.3, -0.25) is 4.79 Å². The lowest BCUT2D eigenvalue weighted by molar-refractivity contribution is -0.911. The lowest BCUT2D eigenvalue weighted by atomic mass is 9.92. The maximum atomic E-state index is 12.0. The first kappa shape index (κ1) is 15.3. The van der Waals surface area contributed by atoms with Gasteiger partial charge in [0.05, 0.1) is 36.8 Å². The fraction of sp³-hybridized carbons (Fsp3) is 0.562. The molecule has 2 rings (SSSR count). The second-order valence-electron chi connectivity index (χ2n) is 6.13. The summed E-state index contributed by atoms with van der Waals surface area (Å²) in [6, 6.07) is 7.36. The predicted octanol–water partition coefficient (Wildman–Crippen LogP) is 2.23. The van der Waals surface area contributed by atoms with Gasteiger partial charge in [-0.05, 0) is 18.6 Å². The summed E-state index contributed by atoms with van der Waals surface area (Å²) in [4.78, 5) is 13.5. The molecule has 3 nitrogen and oxygen atoms in total. The van der Waals surface area contributed by atoms with Crippen molar-refractivity contribution in [2.24, 2.45) is 11.8 Å². The molecule has 1 fully saturated rings. The molecule has 0 saturated carbocycles. The van der Waals surface area contributed by atoms with E-state index in [-0.39, 0.29) is 5.91 Å². The smallest absolute Gasteiger partial charge is 0.230 e. The van der Waals surface area contributed by atoms with Crippen molar-refractivity contribution < 1.29 is 9.69 Å². The van der Waals surface area contributed by atoms with Gasteiger partial charge in [0.2, 0.25) is 5.91 Å². The van der Waals surface area contributed by atoms with E-state index in [1.807, 2.05) is 18.2 Å². The topological polar surface area (TPSA) is 33.5 Å². The zero-order valence-corrected chi connectivity index (χ0v) is 13.0. The average molecular weight is 296 g/mol. The molecule has 1 heterocycles. The molecule has 1 aliphatic rings. The van der Waals surface area contributed by atoms with Crippen LogP contribution in [0.4, 0.5) is 5.69 Å². The van der Waals surface area contributed by atoms with E-state index in [0.29, 0.717) is 17.1 Å². The summed E-state index contributed by atoms with van der Waals surface area (Å²) in [5, 5.41) is 3.48. The van der Waals surface area contributed by atoms with Crippen molar-refractivity contribution in [1.82, 2.24) is 0 Å². The fourth-order valence-corrected chi connectivity index (χ4v) is 3.38.